The highest BCUT2D eigenvalue weighted by atomic mass is 16.3. The summed E-state index contributed by atoms with van der Waals surface area (Å²) in [6.45, 7) is 1.54. The second-order valence-electron chi connectivity index (χ2n) is 5.65. The number of rotatable bonds is 4. The van der Waals surface area contributed by atoms with Gasteiger partial charge in [0.2, 0.25) is 5.91 Å². The van der Waals surface area contributed by atoms with Crippen LogP contribution in [0.15, 0.2) is 47.3 Å². The zero-order valence-electron chi connectivity index (χ0n) is 12.8. The number of furan rings is 1. The predicted octanol–water partition coefficient (Wildman–Crippen LogP) is 1.84. The normalized spacial score (nSPS) is 17.7. The summed E-state index contributed by atoms with van der Waals surface area (Å²) in [4.78, 5) is 30.3. The maximum atomic E-state index is 12.3. The van der Waals surface area contributed by atoms with Crippen molar-refractivity contribution in [1.29, 1.82) is 0 Å². The van der Waals surface area contributed by atoms with Gasteiger partial charge in [-0.05, 0) is 36.6 Å². The van der Waals surface area contributed by atoms with Gasteiger partial charge in [0.1, 0.15) is 0 Å². The average molecular weight is 313 g/mol. The van der Waals surface area contributed by atoms with E-state index in [-0.39, 0.29) is 17.7 Å². The molecule has 2 aromatic heterocycles. The molecule has 2 aromatic rings. The summed E-state index contributed by atoms with van der Waals surface area (Å²) in [5.41, 5.74) is 0.958. The van der Waals surface area contributed by atoms with Gasteiger partial charge in [0.15, 0.2) is 5.76 Å². The third-order valence-electron chi connectivity index (χ3n) is 4.00. The van der Waals surface area contributed by atoms with Crippen molar-refractivity contribution in [2.75, 3.05) is 13.1 Å². The molecule has 1 N–H and O–H groups in total. The Kier molecular flexibility index (Phi) is 4.71. The molecule has 23 heavy (non-hydrogen) atoms. The van der Waals surface area contributed by atoms with E-state index >= 15 is 0 Å². The molecule has 6 heteroatoms. The topological polar surface area (TPSA) is 75.4 Å². The monoisotopic (exact) mass is 313 g/mol. The van der Waals surface area contributed by atoms with Crippen molar-refractivity contribution in [2.24, 2.45) is 5.92 Å². The lowest BCUT2D eigenvalue weighted by Crippen LogP contribution is -2.45. The van der Waals surface area contributed by atoms with Crippen molar-refractivity contribution < 1.29 is 14.0 Å². The number of nitrogens with zero attached hydrogens (tertiary/aromatic N) is 2. The van der Waals surface area contributed by atoms with Crippen molar-refractivity contribution in [3.05, 3.63) is 54.2 Å². The minimum absolute atomic E-state index is 0.0224. The Bertz CT molecular complexity index is 655. The van der Waals surface area contributed by atoms with E-state index in [9.17, 15) is 9.59 Å². The predicted molar refractivity (Wildman–Crippen MR) is 83.4 cm³/mol. The van der Waals surface area contributed by atoms with Gasteiger partial charge in [-0.3, -0.25) is 14.6 Å². The van der Waals surface area contributed by atoms with E-state index in [4.69, 9.17) is 4.42 Å². The van der Waals surface area contributed by atoms with Gasteiger partial charge < -0.3 is 14.6 Å². The molecule has 120 valence electrons. The Balaban J connectivity index is 1.55. The minimum Gasteiger partial charge on any atom is -0.459 e. The van der Waals surface area contributed by atoms with Gasteiger partial charge in [0.05, 0.1) is 12.2 Å². The maximum Gasteiger partial charge on any atom is 0.289 e. The van der Waals surface area contributed by atoms with Crippen LogP contribution in [0.2, 0.25) is 0 Å². The van der Waals surface area contributed by atoms with Crippen LogP contribution in [0.1, 0.15) is 29.0 Å². The summed E-state index contributed by atoms with van der Waals surface area (Å²) in [7, 11) is 0. The molecule has 3 rings (SSSR count). The molecule has 1 saturated heterocycles. The fourth-order valence-electron chi connectivity index (χ4n) is 2.77. The minimum atomic E-state index is -0.181. The van der Waals surface area contributed by atoms with Crippen LogP contribution in [0.5, 0.6) is 0 Å². The maximum absolute atomic E-state index is 12.3. The van der Waals surface area contributed by atoms with Gasteiger partial charge >= 0.3 is 0 Å². The first-order valence-corrected chi connectivity index (χ1v) is 7.73. The summed E-state index contributed by atoms with van der Waals surface area (Å²) in [5.74, 6) is -0.0358. The summed E-state index contributed by atoms with van der Waals surface area (Å²) in [5, 5.41) is 2.92. The molecule has 0 radical (unpaired) electrons. The molecule has 0 aliphatic carbocycles. The summed E-state index contributed by atoms with van der Waals surface area (Å²) >= 11 is 0. The standard InChI is InChI=1S/C17H19N3O3/c21-16(19-11-13-4-1-7-18-10-13)14-5-2-8-20(12-14)17(22)15-6-3-9-23-15/h1,3-4,6-7,9-10,14H,2,5,8,11-12H2,(H,19,21)/t14-/m1/s1. The number of carbonyl (C=O) groups is 2. The van der Waals surface area contributed by atoms with Crippen LogP contribution < -0.4 is 5.32 Å². The highest BCUT2D eigenvalue weighted by Crippen LogP contribution is 2.19. The molecule has 0 spiro atoms. The van der Waals surface area contributed by atoms with E-state index in [0.717, 1.165) is 18.4 Å². The van der Waals surface area contributed by atoms with E-state index in [1.807, 2.05) is 12.1 Å². The lowest BCUT2D eigenvalue weighted by atomic mass is 9.97. The summed E-state index contributed by atoms with van der Waals surface area (Å²) in [6, 6.07) is 7.09. The molecule has 1 aliphatic heterocycles. The quantitative estimate of drug-likeness (QED) is 0.934. The Morgan fingerprint density at radius 3 is 3.00 bits per heavy atom. The van der Waals surface area contributed by atoms with E-state index in [2.05, 4.69) is 10.3 Å². The van der Waals surface area contributed by atoms with E-state index in [1.165, 1.54) is 6.26 Å². The van der Waals surface area contributed by atoms with Crippen LogP contribution in [0, 0.1) is 5.92 Å². The van der Waals surface area contributed by atoms with Crippen LogP contribution in [0.3, 0.4) is 0 Å². The number of aromatic nitrogens is 1. The van der Waals surface area contributed by atoms with E-state index in [1.54, 1.807) is 29.4 Å². The molecule has 0 bridgehead atoms. The molecule has 1 fully saturated rings. The van der Waals surface area contributed by atoms with Crippen LogP contribution in [-0.2, 0) is 11.3 Å². The molecule has 1 atom stereocenters. The van der Waals surface area contributed by atoms with Crippen molar-refractivity contribution in [2.45, 2.75) is 19.4 Å². The van der Waals surface area contributed by atoms with Crippen LogP contribution in [0.4, 0.5) is 0 Å². The molecule has 6 nitrogen and oxygen atoms in total. The van der Waals surface area contributed by atoms with Gasteiger partial charge in [-0.1, -0.05) is 6.07 Å². The lowest BCUT2D eigenvalue weighted by molar-refractivity contribution is -0.126. The third-order valence-corrected chi connectivity index (χ3v) is 4.00. The zero-order chi connectivity index (χ0) is 16.1. The van der Waals surface area contributed by atoms with E-state index in [0.29, 0.717) is 25.4 Å². The SMILES string of the molecule is O=C(NCc1cccnc1)[C@@H]1CCCN(C(=O)c2ccco2)C1. The molecule has 0 aromatic carbocycles. The highest BCUT2D eigenvalue weighted by Gasteiger charge is 2.29. The molecular weight excluding hydrogens is 294 g/mol. The molecule has 0 unspecified atom stereocenters. The summed E-state index contributed by atoms with van der Waals surface area (Å²) in [6.07, 6.45) is 6.52. The van der Waals surface area contributed by atoms with Crippen LogP contribution in [-0.4, -0.2) is 34.8 Å². The number of nitrogens with one attached hydrogen (secondary N) is 1. The van der Waals surface area contributed by atoms with Gasteiger partial charge in [-0.15, -0.1) is 0 Å². The molecule has 2 amide bonds. The summed E-state index contributed by atoms with van der Waals surface area (Å²) < 4.78 is 5.15. The van der Waals surface area contributed by atoms with Gasteiger partial charge in [-0.25, -0.2) is 0 Å². The first kappa shape index (κ1) is 15.3. The largest absolute Gasteiger partial charge is 0.459 e. The number of hydrogen-bond donors (Lipinski definition) is 1. The van der Waals surface area contributed by atoms with Crippen molar-refractivity contribution in [1.82, 2.24) is 15.2 Å². The Morgan fingerprint density at radius 2 is 2.26 bits per heavy atom. The second kappa shape index (κ2) is 7.09. The number of carbonyl (C=O) groups excluding carboxylic acids is 2. The van der Waals surface area contributed by atoms with Gasteiger partial charge in [0.25, 0.3) is 5.91 Å². The number of likely N-dealkylation sites (tertiary alicyclic amines) is 1. The zero-order valence-corrected chi connectivity index (χ0v) is 12.8. The number of pyridine rings is 1. The van der Waals surface area contributed by atoms with E-state index < -0.39 is 0 Å². The Labute approximate surface area is 134 Å². The van der Waals surface area contributed by atoms with Gasteiger partial charge in [-0.2, -0.15) is 0 Å². The first-order chi connectivity index (χ1) is 11.2. The fourth-order valence-corrected chi connectivity index (χ4v) is 2.77. The third kappa shape index (κ3) is 3.77. The number of amides is 2. The van der Waals surface area contributed by atoms with Crippen LogP contribution >= 0.6 is 0 Å². The van der Waals surface area contributed by atoms with Crippen molar-refractivity contribution in [3.63, 3.8) is 0 Å². The molecular formula is C17H19N3O3. The lowest BCUT2D eigenvalue weighted by Gasteiger charge is -2.31. The molecule has 0 saturated carbocycles. The second-order valence-corrected chi connectivity index (χ2v) is 5.65. The Morgan fingerprint density at radius 1 is 1.35 bits per heavy atom. The van der Waals surface area contributed by atoms with Gasteiger partial charge in [0, 0.05) is 32.0 Å². The first-order valence-electron chi connectivity index (χ1n) is 7.73. The smallest absolute Gasteiger partial charge is 0.289 e. The fraction of sp³-hybridized carbons (Fsp3) is 0.353. The number of hydrogen-bond acceptors (Lipinski definition) is 4. The van der Waals surface area contributed by atoms with Crippen molar-refractivity contribution in [3.8, 4) is 0 Å². The van der Waals surface area contributed by atoms with Crippen LogP contribution in [0.25, 0.3) is 0 Å². The Hall–Kier alpha value is -2.63. The van der Waals surface area contributed by atoms with Crippen molar-refractivity contribution >= 4 is 11.8 Å². The highest BCUT2D eigenvalue weighted by molar-refractivity contribution is 5.92. The average Bonchev–Trinajstić information content (AvgIpc) is 3.14. The molecule has 3 heterocycles. The molecule has 1 aliphatic rings. The number of piperidine rings is 1.